The van der Waals surface area contributed by atoms with E-state index in [-0.39, 0.29) is 11.3 Å². The predicted octanol–water partition coefficient (Wildman–Crippen LogP) is 3.26. The molecule has 0 amide bonds. The summed E-state index contributed by atoms with van der Waals surface area (Å²) in [5.74, 6) is -0.498. The molecule has 2 rings (SSSR count). The number of methoxy groups -OCH3 is 1. The van der Waals surface area contributed by atoms with Gasteiger partial charge in [-0.1, -0.05) is 28.1 Å². The van der Waals surface area contributed by atoms with Crippen LogP contribution in [0, 0.1) is 5.82 Å². The van der Waals surface area contributed by atoms with Crippen LogP contribution in [-0.2, 0) is 0 Å². The molecule has 0 heterocycles. The second kappa shape index (κ2) is 5.59. The minimum atomic E-state index is -1.15. The topological polar surface area (TPSA) is 55.5 Å². The highest BCUT2D eigenvalue weighted by Crippen LogP contribution is 2.33. The van der Waals surface area contributed by atoms with Gasteiger partial charge in [0.05, 0.1) is 7.11 Å². The second-order valence-corrected chi connectivity index (χ2v) is 4.95. The van der Waals surface area contributed by atoms with E-state index in [1.165, 1.54) is 19.2 Å². The Labute approximate surface area is 118 Å². The molecule has 0 radical (unpaired) electrons. The van der Waals surface area contributed by atoms with Crippen LogP contribution in [0.25, 0.3) is 0 Å². The van der Waals surface area contributed by atoms with Gasteiger partial charge in [-0.05, 0) is 24.3 Å². The van der Waals surface area contributed by atoms with Gasteiger partial charge in [-0.2, -0.15) is 0 Å². The van der Waals surface area contributed by atoms with Gasteiger partial charge in [0.25, 0.3) is 0 Å². The number of hydrogen-bond acceptors (Lipinski definition) is 3. The van der Waals surface area contributed by atoms with Gasteiger partial charge >= 0.3 is 0 Å². The molecule has 5 heteroatoms. The molecule has 100 valence electrons. The highest BCUT2D eigenvalue weighted by Gasteiger charge is 2.20. The summed E-state index contributed by atoms with van der Waals surface area (Å²) in [6, 6.07) is 9.69. The van der Waals surface area contributed by atoms with Crippen molar-refractivity contribution in [2.75, 3.05) is 12.8 Å². The quantitative estimate of drug-likeness (QED) is 0.851. The molecule has 1 unspecified atom stereocenters. The van der Waals surface area contributed by atoms with Crippen molar-refractivity contribution in [1.82, 2.24) is 0 Å². The first kappa shape index (κ1) is 13.8. The maximum absolute atomic E-state index is 14.1. The van der Waals surface area contributed by atoms with Crippen molar-refractivity contribution in [2.45, 2.75) is 6.10 Å². The number of aliphatic hydroxyl groups excluding tert-OH is 1. The van der Waals surface area contributed by atoms with Crippen molar-refractivity contribution in [3.63, 3.8) is 0 Å². The standard InChI is InChI=1S/C14H13BrFNO2/c1-19-12-4-2-3-9(13(12)16)14(18)10-7-8(15)5-6-11(10)17/h2-7,14,18H,17H2,1H3. The monoisotopic (exact) mass is 325 g/mol. The van der Waals surface area contributed by atoms with Crippen LogP contribution in [0.1, 0.15) is 17.2 Å². The molecule has 2 aromatic carbocycles. The van der Waals surface area contributed by atoms with Crippen LogP contribution in [0.15, 0.2) is 40.9 Å². The summed E-state index contributed by atoms with van der Waals surface area (Å²) < 4.78 is 19.8. The Balaban J connectivity index is 2.50. The summed E-state index contributed by atoms with van der Waals surface area (Å²) >= 11 is 3.30. The summed E-state index contributed by atoms with van der Waals surface area (Å²) in [5, 5.41) is 10.3. The first-order valence-corrected chi connectivity index (χ1v) is 6.39. The van der Waals surface area contributed by atoms with E-state index >= 15 is 0 Å². The molecule has 0 aliphatic heterocycles. The van der Waals surface area contributed by atoms with Crippen molar-refractivity contribution in [3.8, 4) is 5.75 Å². The van der Waals surface area contributed by atoms with Gasteiger partial charge in [-0.15, -0.1) is 0 Å². The lowest BCUT2D eigenvalue weighted by Crippen LogP contribution is -2.06. The third-order valence-corrected chi connectivity index (χ3v) is 3.34. The number of benzene rings is 2. The zero-order valence-corrected chi connectivity index (χ0v) is 11.8. The Morgan fingerprint density at radius 3 is 2.68 bits per heavy atom. The van der Waals surface area contributed by atoms with E-state index in [0.717, 1.165) is 4.47 Å². The van der Waals surface area contributed by atoms with Crippen molar-refractivity contribution in [3.05, 3.63) is 57.8 Å². The third kappa shape index (κ3) is 2.72. The summed E-state index contributed by atoms with van der Waals surface area (Å²) in [5.41, 5.74) is 6.79. The molecule has 0 aromatic heterocycles. The second-order valence-electron chi connectivity index (χ2n) is 4.04. The molecule has 0 spiro atoms. The minimum absolute atomic E-state index is 0.0881. The molecule has 0 saturated heterocycles. The molecule has 2 aromatic rings. The fourth-order valence-electron chi connectivity index (χ4n) is 1.85. The number of rotatable bonds is 3. The Morgan fingerprint density at radius 2 is 2.00 bits per heavy atom. The molecule has 0 aliphatic rings. The van der Waals surface area contributed by atoms with Crippen LogP contribution in [0.2, 0.25) is 0 Å². The van der Waals surface area contributed by atoms with Crippen LogP contribution in [0.4, 0.5) is 10.1 Å². The smallest absolute Gasteiger partial charge is 0.171 e. The molecule has 0 fully saturated rings. The maximum Gasteiger partial charge on any atom is 0.171 e. The molecular formula is C14H13BrFNO2. The predicted molar refractivity (Wildman–Crippen MR) is 75.6 cm³/mol. The largest absolute Gasteiger partial charge is 0.494 e. The molecule has 0 bridgehead atoms. The molecule has 0 saturated carbocycles. The summed E-state index contributed by atoms with van der Waals surface area (Å²) in [7, 11) is 1.38. The van der Waals surface area contributed by atoms with Crippen LogP contribution in [-0.4, -0.2) is 12.2 Å². The minimum Gasteiger partial charge on any atom is -0.494 e. The third-order valence-electron chi connectivity index (χ3n) is 2.85. The van der Waals surface area contributed by atoms with Crippen molar-refractivity contribution in [1.29, 1.82) is 0 Å². The molecule has 1 atom stereocenters. The van der Waals surface area contributed by atoms with Gasteiger partial charge in [-0.3, -0.25) is 0 Å². The zero-order valence-electron chi connectivity index (χ0n) is 10.2. The Morgan fingerprint density at radius 1 is 1.26 bits per heavy atom. The number of hydrogen-bond donors (Lipinski definition) is 2. The van der Waals surface area contributed by atoms with Gasteiger partial charge in [0.2, 0.25) is 0 Å². The number of ether oxygens (including phenoxy) is 1. The number of aliphatic hydroxyl groups is 1. The van der Waals surface area contributed by atoms with Gasteiger partial charge in [0.15, 0.2) is 11.6 Å². The van der Waals surface area contributed by atoms with Crippen LogP contribution in [0.3, 0.4) is 0 Å². The van der Waals surface area contributed by atoms with E-state index in [4.69, 9.17) is 10.5 Å². The van der Waals surface area contributed by atoms with Crippen molar-refractivity contribution >= 4 is 21.6 Å². The van der Waals surface area contributed by atoms with E-state index in [0.29, 0.717) is 11.3 Å². The van der Waals surface area contributed by atoms with E-state index in [2.05, 4.69) is 15.9 Å². The van der Waals surface area contributed by atoms with Crippen molar-refractivity contribution < 1.29 is 14.2 Å². The average Bonchev–Trinajstić information content (AvgIpc) is 2.41. The SMILES string of the molecule is COc1cccc(C(O)c2cc(Br)ccc2N)c1F. The lowest BCUT2D eigenvalue weighted by Gasteiger charge is -2.16. The summed E-state index contributed by atoms with van der Waals surface area (Å²) in [6.07, 6.45) is -1.15. The zero-order chi connectivity index (χ0) is 14.0. The van der Waals surface area contributed by atoms with Gasteiger partial charge < -0.3 is 15.6 Å². The number of nitrogen functional groups attached to an aromatic ring is 1. The molecule has 0 aliphatic carbocycles. The first-order chi connectivity index (χ1) is 9.04. The van der Waals surface area contributed by atoms with E-state index in [9.17, 15) is 9.50 Å². The Kier molecular flexibility index (Phi) is 4.07. The maximum atomic E-state index is 14.1. The van der Waals surface area contributed by atoms with Gasteiger partial charge in [-0.25, -0.2) is 4.39 Å². The Hall–Kier alpha value is -1.59. The number of nitrogens with two attached hydrogens (primary N) is 1. The average molecular weight is 326 g/mol. The van der Waals surface area contributed by atoms with Crippen LogP contribution >= 0.6 is 15.9 Å². The van der Waals surface area contributed by atoms with E-state index < -0.39 is 11.9 Å². The normalized spacial score (nSPS) is 12.2. The lowest BCUT2D eigenvalue weighted by molar-refractivity contribution is 0.214. The fourth-order valence-corrected chi connectivity index (χ4v) is 2.23. The molecule has 3 nitrogen and oxygen atoms in total. The summed E-state index contributed by atoms with van der Waals surface area (Å²) in [4.78, 5) is 0. The highest BCUT2D eigenvalue weighted by atomic mass is 79.9. The van der Waals surface area contributed by atoms with Gasteiger partial charge in [0, 0.05) is 21.3 Å². The molecule has 19 heavy (non-hydrogen) atoms. The number of halogens is 2. The summed E-state index contributed by atoms with van der Waals surface area (Å²) in [6.45, 7) is 0. The van der Waals surface area contributed by atoms with Gasteiger partial charge in [0.1, 0.15) is 6.10 Å². The van der Waals surface area contributed by atoms with Crippen LogP contribution in [0.5, 0.6) is 5.75 Å². The number of anilines is 1. The Bertz CT molecular complexity index is 604. The fraction of sp³-hybridized carbons (Fsp3) is 0.143. The van der Waals surface area contributed by atoms with E-state index in [1.54, 1.807) is 24.3 Å². The van der Waals surface area contributed by atoms with Crippen molar-refractivity contribution in [2.24, 2.45) is 0 Å². The molecular weight excluding hydrogens is 313 g/mol. The lowest BCUT2D eigenvalue weighted by atomic mass is 9.99. The van der Waals surface area contributed by atoms with E-state index in [1.807, 2.05) is 0 Å². The highest BCUT2D eigenvalue weighted by molar-refractivity contribution is 9.10. The molecule has 3 N–H and O–H groups in total. The van der Waals surface area contributed by atoms with Crippen LogP contribution < -0.4 is 10.5 Å². The first-order valence-electron chi connectivity index (χ1n) is 5.60.